The van der Waals surface area contributed by atoms with Crippen molar-refractivity contribution >= 4 is 65.7 Å². The van der Waals surface area contributed by atoms with Gasteiger partial charge in [0.2, 0.25) is 0 Å². The number of para-hydroxylation sites is 1. The van der Waals surface area contributed by atoms with Gasteiger partial charge in [-0.3, -0.25) is 25.6 Å². The molecule has 0 unspecified atom stereocenters. The highest BCUT2D eigenvalue weighted by Crippen LogP contribution is 2.30. The number of thiazole rings is 1. The molecule has 0 saturated heterocycles. The number of aromatic nitrogens is 2. The third-order valence-corrected chi connectivity index (χ3v) is 11.8. The van der Waals surface area contributed by atoms with Gasteiger partial charge in [0.15, 0.2) is 5.13 Å². The quantitative estimate of drug-likeness (QED) is 0.0724. The van der Waals surface area contributed by atoms with E-state index < -0.39 is 15.9 Å². The third-order valence-electron chi connectivity index (χ3n) is 9.51. The number of pyridine rings is 1. The summed E-state index contributed by atoms with van der Waals surface area (Å²) in [6, 6.07) is 27.7. The van der Waals surface area contributed by atoms with Gasteiger partial charge >= 0.3 is 0 Å². The van der Waals surface area contributed by atoms with Crippen LogP contribution < -0.4 is 30.5 Å². The van der Waals surface area contributed by atoms with Gasteiger partial charge in [0.1, 0.15) is 29.7 Å². The number of carbonyl (C=O) groups excluding carboxylic acids is 2. The first-order valence-corrected chi connectivity index (χ1v) is 20.7. The lowest BCUT2D eigenvalue weighted by atomic mass is 9.94. The number of nitrogens with zero attached hydrogens (tertiary/aromatic N) is 4. The number of amides is 2. The van der Waals surface area contributed by atoms with Crippen LogP contribution in [0, 0.1) is 5.82 Å². The minimum absolute atomic E-state index is 0.0823. The monoisotopic (exact) mass is 824 g/mol. The van der Waals surface area contributed by atoms with Crippen LogP contribution in [-0.4, -0.2) is 80.1 Å². The Morgan fingerprint density at radius 1 is 0.948 bits per heavy atom. The van der Waals surface area contributed by atoms with Gasteiger partial charge in [0.25, 0.3) is 21.8 Å². The molecule has 1 aliphatic heterocycles. The van der Waals surface area contributed by atoms with Gasteiger partial charge in [0.05, 0.1) is 32.5 Å². The van der Waals surface area contributed by atoms with E-state index >= 15 is 0 Å². The Hall–Kier alpha value is -6.14. The average Bonchev–Trinajstić information content (AvgIpc) is 3.62. The molecular weight excluding hydrogens is 784 g/mol. The predicted molar refractivity (Wildman–Crippen MR) is 222 cm³/mol. The molecule has 14 nitrogen and oxygen atoms in total. The Labute approximate surface area is 338 Å². The third kappa shape index (κ3) is 9.51. The van der Waals surface area contributed by atoms with Crippen molar-refractivity contribution in [2.45, 2.75) is 30.3 Å². The van der Waals surface area contributed by atoms with Crippen LogP contribution in [0.1, 0.15) is 38.4 Å². The number of sulfonamides is 1. The summed E-state index contributed by atoms with van der Waals surface area (Å²) in [5.41, 5.74) is 5.23. The summed E-state index contributed by atoms with van der Waals surface area (Å²) in [6.07, 6.45) is 1.27. The molecule has 7 rings (SSSR count). The molecule has 0 spiro atoms. The summed E-state index contributed by atoms with van der Waals surface area (Å²) in [6.45, 7) is 1.88. The minimum Gasteiger partial charge on any atom is -0.491 e. The van der Waals surface area contributed by atoms with Crippen LogP contribution in [-0.2, 0) is 23.0 Å². The van der Waals surface area contributed by atoms with Crippen LogP contribution in [0.3, 0.4) is 0 Å². The van der Waals surface area contributed by atoms with Crippen LogP contribution in [0.5, 0.6) is 5.75 Å². The van der Waals surface area contributed by atoms with Crippen molar-refractivity contribution in [1.29, 1.82) is 0 Å². The summed E-state index contributed by atoms with van der Waals surface area (Å²) in [4.78, 5) is 39.5. The van der Waals surface area contributed by atoms with E-state index in [-0.39, 0.29) is 34.0 Å². The van der Waals surface area contributed by atoms with Gasteiger partial charge in [-0.05, 0) is 111 Å². The van der Waals surface area contributed by atoms with Crippen LogP contribution >= 0.6 is 11.3 Å². The van der Waals surface area contributed by atoms with E-state index in [1.165, 1.54) is 47.7 Å². The number of hydrogen-bond donors (Lipinski definition) is 5. The topological polar surface area (TPSA) is 178 Å². The SMILES string of the molecule is CN(C)CC[C@H](COc1ccccc1)Nc1ccc(S(=O)(=O)NC(=O)c2cccc(N3CCc4cccc(C(=O)Nc5nc6ccc(F)cc6s5)c4C3)n2)cc1NO. The Balaban J connectivity index is 1.03. The number of carbonyl (C=O) groups is 2. The smallest absolute Gasteiger partial charge is 0.283 e. The molecule has 0 aliphatic carbocycles. The van der Waals surface area contributed by atoms with Gasteiger partial charge in [-0.1, -0.05) is 47.7 Å². The molecule has 3 heterocycles. The molecular formula is C41H41FN8O6S2. The highest BCUT2D eigenvalue weighted by molar-refractivity contribution is 7.90. The van der Waals surface area contributed by atoms with Crippen molar-refractivity contribution in [2.24, 2.45) is 0 Å². The van der Waals surface area contributed by atoms with Crippen molar-refractivity contribution in [3.05, 3.63) is 131 Å². The number of hydrogen-bond acceptors (Lipinski definition) is 13. The van der Waals surface area contributed by atoms with E-state index in [1.54, 1.807) is 24.3 Å². The lowest BCUT2D eigenvalue weighted by molar-refractivity contribution is 0.0975. The zero-order valence-corrected chi connectivity index (χ0v) is 33.2. The van der Waals surface area contributed by atoms with Crippen molar-refractivity contribution < 1.29 is 32.3 Å². The highest BCUT2D eigenvalue weighted by Gasteiger charge is 2.26. The number of halogens is 1. The number of ether oxygens (including phenoxy) is 1. The van der Waals surface area contributed by atoms with Crippen LogP contribution in [0.2, 0.25) is 0 Å². The maximum Gasteiger partial charge on any atom is 0.283 e. The van der Waals surface area contributed by atoms with Crippen LogP contribution in [0.15, 0.2) is 108 Å². The maximum atomic E-state index is 13.7. The van der Waals surface area contributed by atoms with Gasteiger partial charge in [-0.2, -0.15) is 0 Å². The minimum atomic E-state index is -4.41. The average molecular weight is 825 g/mol. The molecule has 0 bridgehead atoms. The largest absolute Gasteiger partial charge is 0.491 e. The van der Waals surface area contributed by atoms with Crippen LogP contribution in [0.4, 0.5) is 26.7 Å². The molecule has 17 heteroatoms. The van der Waals surface area contributed by atoms with Gasteiger partial charge < -0.3 is 19.9 Å². The van der Waals surface area contributed by atoms with Crippen molar-refractivity contribution in [3.63, 3.8) is 0 Å². The van der Waals surface area contributed by atoms with E-state index in [9.17, 15) is 27.6 Å². The first-order chi connectivity index (χ1) is 27.9. The van der Waals surface area contributed by atoms with Gasteiger partial charge in [0, 0.05) is 18.7 Å². The standard InChI is InChI=1S/C41H41FN8O6S2/c1-49(2)20-19-28(25-56-29-9-4-3-5-10-29)43-33-17-15-30(23-36(33)47-53)58(54,55)48-40(52)35-12-7-13-38(44-35)50-21-18-26-8-6-11-31(32(26)24-50)39(51)46-41-45-34-16-14-27(42)22-37(34)57-41/h3-17,22-23,28,43,47,53H,18-21,24-25H2,1-2H3,(H,48,52)(H,45,46,51)/t28-/m1/s1. The first kappa shape index (κ1) is 40.1. The zero-order valence-electron chi connectivity index (χ0n) is 31.6. The fourth-order valence-electron chi connectivity index (χ4n) is 6.52. The van der Waals surface area contributed by atoms with Crippen molar-refractivity contribution in [1.82, 2.24) is 19.6 Å². The van der Waals surface area contributed by atoms with Crippen molar-refractivity contribution in [3.8, 4) is 5.75 Å². The van der Waals surface area contributed by atoms with E-state index in [0.717, 1.165) is 17.7 Å². The molecule has 58 heavy (non-hydrogen) atoms. The number of fused-ring (bicyclic) bond motifs is 2. The fraction of sp³-hybridized carbons (Fsp3) is 0.220. The molecule has 6 aromatic rings. The summed E-state index contributed by atoms with van der Waals surface area (Å²) >= 11 is 1.18. The molecule has 0 fully saturated rings. The molecule has 1 atom stereocenters. The zero-order chi connectivity index (χ0) is 40.8. The number of nitrogens with one attached hydrogen (secondary N) is 4. The summed E-state index contributed by atoms with van der Waals surface area (Å²) in [5, 5.41) is 16.5. The summed E-state index contributed by atoms with van der Waals surface area (Å²) in [7, 11) is -0.498. The lowest BCUT2D eigenvalue weighted by Crippen LogP contribution is -2.34. The molecule has 0 saturated carbocycles. The number of benzene rings is 4. The molecule has 5 N–H and O–H groups in total. The van der Waals surface area contributed by atoms with E-state index in [2.05, 4.69) is 30.8 Å². The van der Waals surface area contributed by atoms with E-state index in [0.29, 0.717) is 70.7 Å². The van der Waals surface area contributed by atoms with Crippen molar-refractivity contribution in [2.75, 3.05) is 54.8 Å². The number of anilines is 4. The highest BCUT2D eigenvalue weighted by atomic mass is 32.2. The predicted octanol–water partition coefficient (Wildman–Crippen LogP) is 6.38. The second-order valence-corrected chi connectivity index (χ2v) is 16.6. The second kappa shape index (κ2) is 17.6. The normalized spacial score (nSPS) is 13.2. The fourth-order valence-corrected chi connectivity index (χ4v) is 8.39. The molecule has 4 aromatic carbocycles. The van der Waals surface area contributed by atoms with Crippen LogP contribution in [0.25, 0.3) is 10.2 Å². The Kier molecular flexibility index (Phi) is 12.1. The molecule has 1 aliphatic rings. The number of rotatable bonds is 15. The molecule has 2 amide bonds. The Morgan fingerprint density at radius 2 is 1.76 bits per heavy atom. The maximum absolute atomic E-state index is 13.7. The molecule has 0 radical (unpaired) electrons. The lowest BCUT2D eigenvalue weighted by Gasteiger charge is -2.31. The first-order valence-electron chi connectivity index (χ1n) is 18.4. The molecule has 2 aromatic heterocycles. The molecule has 300 valence electrons. The van der Waals surface area contributed by atoms with Gasteiger partial charge in [-0.25, -0.2) is 27.5 Å². The summed E-state index contributed by atoms with van der Waals surface area (Å²) in [5.74, 6) is -0.579. The van der Waals surface area contributed by atoms with Gasteiger partial charge in [-0.15, -0.1) is 0 Å². The van der Waals surface area contributed by atoms with E-state index in [1.807, 2.05) is 66.4 Å². The Morgan fingerprint density at radius 3 is 2.55 bits per heavy atom. The Bertz CT molecular complexity index is 2560. The summed E-state index contributed by atoms with van der Waals surface area (Å²) < 4.78 is 49.4. The second-order valence-electron chi connectivity index (χ2n) is 13.9. The van der Waals surface area contributed by atoms with E-state index in [4.69, 9.17) is 4.74 Å².